The van der Waals surface area contributed by atoms with Gasteiger partial charge in [-0.25, -0.2) is 4.98 Å². The van der Waals surface area contributed by atoms with Crippen molar-refractivity contribution < 1.29 is 4.74 Å². The molecule has 0 N–H and O–H groups in total. The summed E-state index contributed by atoms with van der Waals surface area (Å²) in [5.41, 5.74) is 1.23. The van der Waals surface area contributed by atoms with Gasteiger partial charge in [0, 0.05) is 19.5 Å². The maximum atomic E-state index is 5.94. The fraction of sp³-hybridized carbons (Fsp3) is 0.600. The van der Waals surface area contributed by atoms with Crippen LogP contribution in [-0.4, -0.2) is 29.3 Å². The molecule has 1 heterocycles. The molecule has 1 aromatic rings. The number of hydrogen-bond acceptors (Lipinski definition) is 4. The monoisotopic (exact) mass is 361 g/mol. The Bertz CT molecular complexity index is 465. The predicted molar refractivity (Wildman–Crippen MR) is 101 cm³/mol. The van der Waals surface area contributed by atoms with Gasteiger partial charge in [0.05, 0.1) is 6.61 Å². The summed E-state index contributed by atoms with van der Waals surface area (Å²) in [7, 11) is -1.13. The first-order valence-electron chi connectivity index (χ1n) is 7.24. The number of ether oxygens (including phenoxy) is 1. The lowest BCUT2D eigenvalue weighted by atomic mass is 10.1. The molecule has 0 saturated carbocycles. The van der Waals surface area contributed by atoms with Crippen LogP contribution in [0.5, 0.6) is 0 Å². The predicted octanol–water partition coefficient (Wildman–Crippen LogP) is 5.43. The Labute approximate surface area is 144 Å². The molecule has 2 nitrogen and oxygen atoms in total. The van der Waals surface area contributed by atoms with E-state index >= 15 is 0 Å². The van der Waals surface area contributed by atoms with E-state index in [4.69, 9.17) is 28.6 Å². The van der Waals surface area contributed by atoms with Crippen LogP contribution in [0.3, 0.4) is 0 Å². The molecule has 1 atom stereocenters. The molecule has 1 aromatic heterocycles. The quantitative estimate of drug-likeness (QED) is 0.367. The summed E-state index contributed by atoms with van der Waals surface area (Å²) in [6.45, 7) is 9.81. The Balaban J connectivity index is 2.61. The SMILES string of the molecule is CCOC(=S)SC(CCc1ccnc(Cl)c1)C[Si](C)(C)C. The zero-order valence-corrected chi connectivity index (χ0v) is 16.6. The summed E-state index contributed by atoms with van der Waals surface area (Å²) in [4.78, 5) is 4.03. The largest absolute Gasteiger partial charge is 0.479 e. The Hall–Kier alpha value is -0.103. The van der Waals surface area contributed by atoms with Gasteiger partial charge in [0.15, 0.2) is 0 Å². The number of halogens is 1. The highest BCUT2D eigenvalue weighted by atomic mass is 35.5. The third-order valence-corrected chi connectivity index (χ3v) is 6.58. The second-order valence-corrected chi connectivity index (χ2v) is 14.0. The first-order valence-corrected chi connectivity index (χ1v) is 12.6. The van der Waals surface area contributed by atoms with E-state index in [0.29, 0.717) is 21.4 Å². The number of aryl methyl sites for hydroxylation is 1. The summed E-state index contributed by atoms with van der Waals surface area (Å²) >= 11 is 13.0. The van der Waals surface area contributed by atoms with Gasteiger partial charge in [-0.3, -0.25) is 0 Å². The number of rotatable bonds is 7. The van der Waals surface area contributed by atoms with Crippen molar-refractivity contribution in [2.75, 3.05) is 6.61 Å². The molecule has 1 unspecified atom stereocenters. The Morgan fingerprint density at radius 2 is 2.19 bits per heavy atom. The molecule has 0 spiro atoms. The third kappa shape index (κ3) is 8.81. The van der Waals surface area contributed by atoms with Gasteiger partial charge >= 0.3 is 0 Å². The van der Waals surface area contributed by atoms with Gasteiger partial charge in [-0.2, -0.15) is 0 Å². The fourth-order valence-corrected chi connectivity index (χ4v) is 6.92. The molecule has 1 rings (SSSR count). The molecule has 0 bridgehead atoms. The molecule has 0 saturated heterocycles. The average molecular weight is 362 g/mol. The molecule has 0 amide bonds. The number of thioether (sulfide) groups is 1. The van der Waals surface area contributed by atoms with Crippen LogP contribution < -0.4 is 0 Å². The van der Waals surface area contributed by atoms with Crippen LogP contribution in [0, 0.1) is 0 Å². The highest BCUT2D eigenvalue weighted by Crippen LogP contribution is 2.28. The number of nitrogens with zero attached hydrogens (tertiary/aromatic N) is 1. The van der Waals surface area contributed by atoms with E-state index in [9.17, 15) is 0 Å². The maximum Gasteiger partial charge on any atom is 0.220 e. The number of pyridine rings is 1. The maximum absolute atomic E-state index is 5.94. The molecule has 0 aliphatic heterocycles. The summed E-state index contributed by atoms with van der Waals surface area (Å²) in [5, 5.41) is 1.08. The summed E-state index contributed by atoms with van der Waals surface area (Å²) in [6.07, 6.45) is 3.85. The van der Waals surface area contributed by atoms with Crippen LogP contribution in [0.25, 0.3) is 0 Å². The van der Waals surface area contributed by atoms with Crippen LogP contribution in [0.1, 0.15) is 18.9 Å². The van der Waals surface area contributed by atoms with Crippen molar-refractivity contribution >= 4 is 48.0 Å². The van der Waals surface area contributed by atoms with E-state index in [1.54, 1.807) is 18.0 Å². The van der Waals surface area contributed by atoms with Crippen LogP contribution >= 0.6 is 35.6 Å². The Morgan fingerprint density at radius 1 is 1.48 bits per heavy atom. The van der Waals surface area contributed by atoms with E-state index < -0.39 is 8.07 Å². The highest BCUT2D eigenvalue weighted by molar-refractivity contribution is 8.23. The van der Waals surface area contributed by atoms with E-state index in [2.05, 4.69) is 24.6 Å². The minimum Gasteiger partial charge on any atom is -0.479 e. The first kappa shape index (κ1) is 18.9. The van der Waals surface area contributed by atoms with E-state index in [-0.39, 0.29) is 0 Å². The molecule has 0 aliphatic rings. The van der Waals surface area contributed by atoms with Gasteiger partial charge in [-0.05, 0) is 55.7 Å². The van der Waals surface area contributed by atoms with E-state index in [1.165, 1.54) is 11.6 Å². The standard InChI is InChI=1S/C15H24ClNOS2Si/c1-5-18-15(19)20-13(11-21(2,3)4)7-6-12-8-9-17-14(16)10-12/h8-10,13H,5-7,11H2,1-4H3. The summed E-state index contributed by atoms with van der Waals surface area (Å²) in [6, 6.07) is 5.21. The first-order chi connectivity index (χ1) is 9.80. The second kappa shape index (κ2) is 9.13. The average Bonchev–Trinajstić information content (AvgIpc) is 2.34. The molecule has 6 heteroatoms. The number of hydrogen-bond donors (Lipinski definition) is 0. The van der Waals surface area contributed by atoms with Crippen molar-refractivity contribution in [3.8, 4) is 0 Å². The van der Waals surface area contributed by atoms with Gasteiger partial charge in [0.25, 0.3) is 0 Å². The van der Waals surface area contributed by atoms with Gasteiger partial charge in [-0.1, -0.05) is 43.0 Å². The van der Waals surface area contributed by atoms with Gasteiger partial charge in [0.1, 0.15) is 5.15 Å². The Kier molecular flexibility index (Phi) is 8.24. The lowest BCUT2D eigenvalue weighted by Crippen LogP contribution is -2.26. The molecule has 0 aromatic carbocycles. The molecule has 0 aliphatic carbocycles. The normalized spacial score (nSPS) is 13.0. The number of aromatic nitrogens is 1. The van der Waals surface area contributed by atoms with Crippen molar-refractivity contribution in [1.29, 1.82) is 0 Å². The van der Waals surface area contributed by atoms with Crippen LogP contribution in [0.2, 0.25) is 30.8 Å². The van der Waals surface area contributed by atoms with E-state index in [1.807, 2.05) is 19.1 Å². The van der Waals surface area contributed by atoms with Crippen molar-refractivity contribution in [2.24, 2.45) is 0 Å². The van der Waals surface area contributed by atoms with Crippen LogP contribution in [-0.2, 0) is 11.2 Å². The lowest BCUT2D eigenvalue weighted by molar-refractivity contribution is 0.346. The minimum atomic E-state index is -1.13. The van der Waals surface area contributed by atoms with Crippen molar-refractivity contribution in [1.82, 2.24) is 4.98 Å². The number of thiocarbonyl (C=S) groups is 1. The van der Waals surface area contributed by atoms with Gasteiger partial charge in [-0.15, -0.1) is 0 Å². The fourth-order valence-electron chi connectivity index (χ4n) is 2.10. The van der Waals surface area contributed by atoms with E-state index in [0.717, 1.165) is 12.8 Å². The van der Waals surface area contributed by atoms with Crippen LogP contribution in [0.4, 0.5) is 0 Å². The molecule has 0 fully saturated rings. The smallest absolute Gasteiger partial charge is 0.220 e. The molecule has 0 radical (unpaired) electrons. The van der Waals surface area contributed by atoms with Gasteiger partial charge < -0.3 is 4.74 Å². The van der Waals surface area contributed by atoms with Crippen molar-refractivity contribution in [3.05, 3.63) is 29.0 Å². The molecular weight excluding hydrogens is 338 g/mol. The molecule has 118 valence electrons. The summed E-state index contributed by atoms with van der Waals surface area (Å²) in [5.74, 6) is 0. The Morgan fingerprint density at radius 3 is 2.76 bits per heavy atom. The van der Waals surface area contributed by atoms with Gasteiger partial charge in [0.2, 0.25) is 4.38 Å². The summed E-state index contributed by atoms with van der Waals surface area (Å²) < 4.78 is 6.11. The highest BCUT2D eigenvalue weighted by Gasteiger charge is 2.22. The van der Waals surface area contributed by atoms with Crippen molar-refractivity contribution in [2.45, 2.75) is 50.7 Å². The minimum absolute atomic E-state index is 0.516. The second-order valence-electron chi connectivity index (χ2n) is 6.21. The zero-order valence-electron chi connectivity index (χ0n) is 13.2. The topological polar surface area (TPSA) is 22.1 Å². The molecule has 21 heavy (non-hydrogen) atoms. The third-order valence-electron chi connectivity index (χ3n) is 2.91. The van der Waals surface area contributed by atoms with Crippen molar-refractivity contribution in [3.63, 3.8) is 0 Å². The lowest BCUT2D eigenvalue weighted by Gasteiger charge is -2.24. The molecular formula is C15H24ClNOS2Si. The zero-order chi connectivity index (χ0) is 15.9. The van der Waals surface area contributed by atoms with Crippen LogP contribution in [0.15, 0.2) is 18.3 Å².